The average Bonchev–Trinajstić information content (AvgIpc) is 3.60. The number of Topliss-reactive ketones (excluding diaryl/α,β-unsaturated/α-hetero) is 1. The van der Waals surface area contributed by atoms with Gasteiger partial charge in [-0.25, -0.2) is 0 Å². The van der Waals surface area contributed by atoms with E-state index in [-0.39, 0.29) is 35.4 Å². The topological polar surface area (TPSA) is 117 Å². The molecule has 38 heavy (non-hydrogen) atoms. The Kier molecular flexibility index (Phi) is 9.96. The zero-order valence-corrected chi connectivity index (χ0v) is 23.4. The first-order valence-electron chi connectivity index (χ1n) is 13.7. The molecule has 0 spiro atoms. The molecule has 4 rings (SSSR count). The average molecular weight is 542 g/mol. The lowest BCUT2D eigenvalue weighted by Crippen LogP contribution is -2.52. The summed E-state index contributed by atoms with van der Waals surface area (Å²) in [5.41, 5.74) is 1.73. The first-order valence-corrected chi connectivity index (χ1v) is 14.9. The number of likely N-dealkylation sites (tertiary alicyclic amines) is 1. The Labute approximate surface area is 228 Å². The minimum absolute atomic E-state index is 0.0948. The van der Waals surface area contributed by atoms with E-state index in [2.05, 4.69) is 31.8 Å². The molecule has 1 aliphatic carbocycles. The molecule has 0 bridgehead atoms. The van der Waals surface area contributed by atoms with Crippen LogP contribution in [0.15, 0.2) is 33.9 Å². The van der Waals surface area contributed by atoms with Crippen molar-refractivity contribution in [2.24, 2.45) is 11.8 Å². The lowest BCUT2D eigenvalue weighted by Gasteiger charge is -2.32. The van der Waals surface area contributed by atoms with Gasteiger partial charge in [-0.2, -0.15) is 0 Å². The van der Waals surface area contributed by atoms with Crippen LogP contribution in [-0.2, 0) is 11.3 Å². The molecule has 3 atom stereocenters. The van der Waals surface area contributed by atoms with E-state index < -0.39 is 12.0 Å². The van der Waals surface area contributed by atoms with Crippen molar-refractivity contribution in [3.63, 3.8) is 0 Å². The zero-order valence-electron chi connectivity index (χ0n) is 22.6. The number of rotatable bonds is 11. The molecule has 1 saturated carbocycles. The van der Waals surface area contributed by atoms with Gasteiger partial charge in [-0.05, 0) is 75.1 Å². The van der Waals surface area contributed by atoms with Gasteiger partial charge in [0.1, 0.15) is 0 Å². The van der Waals surface area contributed by atoms with Gasteiger partial charge in [-0.15, -0.1) is 10.2 Å². The number of hydrogen-bond acceptors (Lipinski definition) is 8. The number of nitrogens with zero attached hydrogens (tertiary/aromatic N) is 3. The van der Waals surface area contributed by atoms with Crippen LogP contribution in [0.5, 0.6) is 0 Å². The largest absolute Gasteiger partial charge is 0.408 e. The second kappa shape index (κ2) is 13.4. The fourth-order valence-electron chi connectivity index (χ4n) is 5.40. The fraction of sp³-hybridized carbons (Fsp3) is 0.607. The third-order valence-corrected chi connectivity index (χ3v) is 7.86. The predicted molar refractivity (Wildman–Crippen MR) is 146 cm³/mol. The summed E-state index contributed by atoms with van der Waals surface area (Å²) < 4.78 is 5.44. The van der Waals surface area contributed by atoms with E-state index in [1.165, 1.54) is 24.6 Å². The first kappa shape index (κ1) is 28.3. The smallest absolute Gasteiger partial charge is 0.286 e. The molecule has 1 aromatic carbocycles. The number of amides is 2. The molecule has 2 heterocycles. The van der Waals surface area contributed by atoms with E-state index in [0.29, 0.717) is 23.6 Å². The molecule has 1 aliphatic heterocycles. The minimum Gasteiger partial charge on any atom is -0.408 e. The van der Waals surface area contributed by atoms with Gasteiger partial charge >= 0.3 is 0 Å². The molecule has 10 heteroatoms. The Bertz CT molecular complexity index is 1110. The Morgan fingerprint density at radius 1 is 1.11 bits per heavy atom. The molecule has 9 nitrogen and oxygen atoms in total. The number of thioether (sulfide) groups is 1. The molecule has 206 valence electrons. The summed E-state index contributed by atoms with van der Waals surface area (Å²) in [6.07, 6.45) is 7.92. The highest BCUT2D eigenvalue weighted by Gasteiger charge is 2.35. The molecule has 2 aromatic rings. The van der Waals surface area contributed by atoms with Crippen molar-refractivity contribution in [2.45, 2.75) is 82.6 Å². The summed E-state index contributed by atoms with van der Waals surface area (Å²) in [5.74, 6) is -1.10. The molecule has 2 fully saturated rings. The van der Waals surface area contributed by atoms with Crippen LogP contribution in [0.25, 0.3) is 0 Å². The number of benzene rings is 1. The van der Waals surface area contributed by atoms with Crippen molar-refractivity contribution in [1.29, 1.82) is 0 Å². The first-order chi connectivity index (χ1) is 18.3. The van der Waals surface area contributed by atoms with Crippen LogP contribution in [0.1, 0.15) is 85.4 Å². The number of aromatic nitrogens is 2. The Balaban J connectivity index is 1.42. The molecule has 2 N–H and O–H groups in total. The van der Waals surface area contributed by atoms with Gasteiger partial charge < -0.3 is 15.1 Å². The number of ketones is 1. The summed E-state index contributed by atoms with van der Waals surface area (Å²) in [4.78, 5) is 42.2. The highest BCUT2D eigenvalue weighted by molar-refractivity contribution is 7.98. The molecule has 1 saturated heterocycles. The SMILES string of the molecule is CSc1nnc(C(=O)[C@H](CC(C)C)NC(=O)[C@@H]2CCCC[C@@H]2NC(=O)c2cccc(CN3CCCC3)c2)o1. The maximum absolute atomic E-state index is 13.5. The van der Waals surface area contributed by atoms with Crippen molar-refractivity contribution in [1.82, 2.24) is 25.7 Å². The van der Waals surface area contributed by atoms with E-state index in [9.17, 15) is 14.4 Å². The van der Waals surface area contributed by atoms with Gasteiger partial charge in [-0.3, -0.25) is 19.3 Å². The van der Waals surface area contributed by atoms with Crippen molar-refractivity contribution in [3.8, 4) is 0 Å². The highest BCUT2D eigenvalue weighted by atomic mass is 32.2. The van der Waals surface area contributed by atoms with Crippen LogP contribution >= 0.6 is 11.8 Å². The molecular formula is C28H39N5O4S. The van der Waals surface area contributed by atoms with Crippen LogP contribution in [0.4, 0.5) is 0 Å². The summed E-state index contributed by atoms with van der Waals surface area (Å²) in [5, 5.41) is 14.1. The van der Waals surface area contributed by atoms with Gasteiger partial charge in [0.25, 0.3) is 17.0 Å². The third kappa shape index (κ3) is 7.44. The highest BCUT2D eigenvalue weighted by Crippen LogP contribution is 2.26. The van der Waals surface area contributed by atoms with Gasteiger partial charge in [0.15, 0.2) is 0 Å². The van der Waals surface area contributed by atoms with Crippen molar-refractivity contribution < 1.29 is 18.8 Å². The molecule has 0 radical (unpaired) electrons. The van der Waals surface area contributed by atoms with Crippen molar-refractivity contribution in [3.05, 3.63) is 41.3 Å². The van der Waals surface area contributed by atoms with E-state index >= 15 is 0 Å². The van der Waals surface area contributed by atoms with Crippen LogP contribution in [-0.4, -0.2) is 64.1 Å². The standard InChI is InChI=1S/C28H39N5O4S/c1-18(2)15-23(24(34)27-31-32-28(37-27)38-3)30-26(36)21-11-4-5-12-22(21)29-25(35)20-10-8-9-19(16-20)17-33-13-6-7-14-33/h8-10,16,18,21-23H,4-7,11-15,17H2,1-3H3,(H,29,35)(H,30,36)/t21-,22+,23+/m1/s1. The van der Waals surface area contributed by atoms with Crippen molar-refractivity contribution >= 4 is 29.4 Å². The van der Waals surface area contributed by atoms with E-state index in [4.69, 9.17) is 4.42 Å². The molecule has 2 amide bonds. The molecular weight excluding hydrogens is 502 g/mol. The fourth-order valence-corrected chi connectivity index (χ4v) is 5.69. The third-order valence-electron chi connectivity index (χ3n) is 7.35. The van der Waals surface area contributed by atoms with Crippen LogP contribution in [0.3, 0.4) is 0 Å². The van der Waals surface area contributed by atoms with Gasteiger partial charge in [0.05, 0.1) is 12.0 Å². The quantitative estimate of drug-likeness (QED) is 0.323. The van der Waals surface area contributed by atoms with Gasteiger partial charge in [0.2, 0.25) is 11.7 Å². The lowest BCUT2D eigenvalue weighted by molar-refractivity contribution is -0.127. The van der Waals surface area contributed by atoms with E-state index in [1.54, 1.807) is 6.26 Å². The maximum atomic E-state index is 13.5. The Morgan fingerprint density at radius 2 is 1.87 bits per heavy atom. The number of nitrogens with one attached hydrogen (secondary N) is 2. The van der Waals surface area contributed by atoms with Crippen LogP contribution in [0.2, 0.25) is 0 Å². The Hall–Kier alpha value is -2.72. The lowest BCUT2D eigenvalue weighted by atomic mass is 9.83. The number of hydrogen-bond donors (Lipinski definition) is 2. The second-order valence-electron chi connectivity index (χ2n) is 10.8. The molecule has 0 unspecified atom stereocenters. The predicted octanol–water partition coefficient (Wildman–Crippen LogP) is 4.09. The summed E-state index contributed by atoms with van der Waals surface area (Å²) in [6, 6.07) is 6.70. The minimum atomic E-state index is -0.766. The van der Waals surface area contributed by atoms with E-state index in [0.717, 1.165) is 44.5 Å². The number of carbonyl (C=O) groups is 3. The van der Waals surface area contributed by atoms with Gasteiger partial charge in [-0.1, -0.05) is 50.6 Å². The Morgan fingerprint density at radius 3 is 2.58 bits per heavy atom. The zero-order chi connectivity index (χ0) is 27.1. The maximum Gasteiger partial charge on any atom is 0.286 e. The molecule has 1 aromatic heterocycles. The van der Waals surface area contributed by atoms with E-state index in [1.807, 2.05) is 32.0 Å². The van der Waals surface area contributed by atoms with Crippen molar-refractivity contribution in [2.75, 3.05) is 19.3 Å². The second-order valence-corrected chi connectivity index (χ2v) is 11.5. The summed E-state index contributed by atoms with van der Waals surface area (Å²) >= 11 is 1.26. The van der Waals surface area contributed by atoms with Crippen LogP contribution in [0, 0.1) is 11.8 Å². The summed E-state index contributed by atoms with van der Waals surface area (Å²) in [7, 11) is 0. The van der Waals surface area contributed by atoms with Gasteiger partial charge in [0, 0.05) is 18.2 Å². The van der Waals surface area contributed by atoms with Crippen LogP contribution < -0.4 is 10.6 Å². The summed E-state index contributed by atoms with van der Waals surface area (Å²) in [6.45, 7) is 7.03. The number of carbonyl (C=O) groups excluding carboxylic acids is 3. The monoisotopic (exact) mass is 541 g/mol. The normalized spacial score (nSPS) is 20.8. The molecule has 2 aliphatic rings.